The molecule has 0 bridgehead atoms. The van der Waals surface area contributed by atoms with Crippen LogP contribution in [-0.4, -0.2) is 36.1 Å². The van der Waals surface area contributed by atoms with Gasteiger partial charge in [0.15, 0.2) is 5.82 Å². The molecule has 0 fully saturated rings. The quantitative estimate of drug-likeness (QED) is 0.716. The number of aromatic nitrogens is 6. The van der Waals surface area contributed by atoms with Crippen LogP contribution in [0.2, 0.25) is 0 Å². The number of hydrogen-bond acceptors (Lipinski definition) is 5. The van der Waals surface area contributed by atoms with Crippen molar-refractivity contribution < 1.29 is 4.79 Å². The smallest absolute Gasteiger partial charge is 0.243 e. The molecule has 0 spiro atoms. The normalized spacial score (nSPS) is 12.4. The maximum atomic E-state index is 12.6. The monoisotopic (exact) mass is 313 g/mol. The van der Waals surface area contributed by atoms with Gasteiger partial charge in [0, 0.05) is 6.42 Å². The Hall–Kier alpha value is -2.77. The number of nitrogens with zero attached hydrogens (tertiary/aromatic N) is 5. The number of rotatable bonds is 6. The fourth-order valence-electron chi connectivity index (χ4n) is 2.72. The van der Waals surface area contributed by atoms with E-state index in [-0.39, 0.29) is 18.5 Å². The molecule has 0 saturated heterocycles. The third kappa shape index (κ3) is 2.92. The van der Waals surface area contributed by atoms with Crippen molar-refractivity contribution in [3.63, 3.8) is 0 Å². The zero-order chi connectivity index (χ0) is 16.2. The molecule has 0 radical (unpaired) electrons. The highest BCUT2D eigenvalue weighted by Crippen LogP contribution is 2.24. The zero-order valence-electron chi connectivity index (χ0n) is 13.2. The molecule has 2 aromatic heterocycles. The number of hydrogen-bond donors (Lipinski definition) is 2. The average Bonchev–Trinajstić information content (AvgIpc) is 3.21. The van der Waals surface area contributed by atoms with Crippen molar-refractivity contribution in [1.29, 1.82) is 0 Å². The van der Waals surface area contributed by atoms with Crippen molar-refractivity contribution in [3.05, 3.63) is 35.9 Å². The Morgan fingerprint density at radius 3 is 2.87 bits per heavy atom. The predicted octanol–water partition coefficient (Wildman–Crippen LogP) is 1.38. The lowest BCUT2D eigenvalue weighted by molar-refractivity contribution is -0.124. The van der Waals surface area contributed by atoms with Crippen LogP contribution >= 0.6 is 0 Å². The number of para-hydroxylation sites is 2. The van der Waals surface area contributed by atoms with Crippen LogP contribution < -0.4 is 5.32 Å². The Morgan fingerprint density at radius 1 is 1.35 bits per heavy atom. The number of H-pyrrole nitrogens is 1. The summed E-state index contributed by atoms with van der Waals surface area (Å²) in [4.78, 5) is 17.3. The lowest BCUT2D eigenvalue weighted by atomic mass is 10.2. The second-order valence-corrected chi connectivity index (χ2v) is 5.21. The van der Waals surface area contributed by atoms with E-state index in [1.54, 1.807) is 0 Å². The van der Waals surface area contributed by atoms with Gasteiger partial charge in [0.05, 0.1) is 17.6 Å². The second kappa shape index (κ2) is 6.55. The molecule has 1 atom stereocenters. The molecule has 0 unspecified atom stereocenters. The predicted molar refractivity (Wildman–Crippen MR) is 84.5 cm³/mol. The highest BCUT2D eigenvalue weighted by Gasteiger charge is 2.23. The molecule has 8 heteroatoms. The van der Waals surface area contributed by atoms with Crippen molar-refractivity contribution in [1.82, 2.24) is 35.5 Å². The van der Waals surface area contributed by atoms with Crippen LogP contribution in [-0.2, 0) is 17.8 Å². The minimum absolute atomic E-state index is 0.0739. The number of benzene rings is 1. The SMILES string of the molecule is CCc1nc2ccccc2n1[C@H](CC)C(=O)NCc1nn[nH]n1. The number of carbonyl (C=O) groups excluding carboxylic acids is 1. The van der Waals surface area contributed by atoms with Crippen LogP contribution in [0.15, 0.2) is 24.3 Å². The fraction of sp³-hybridized carbons (Fsp3) is 0.400. The van der Waals surface area contributed by atoms with E-state index >= 15 is 0 Å². The first-order valence-corrected chi connectivity index (χ1v) is 7.70. The van der Waals surface area contributed by atoms with Gasteiger partial charge in [-0.15, -0.1) is 10.2 Å². The van der Waals surface area contributed by atoms with Gasteiger partial charge >= 0.3 is 0 Å². The molecule has 23 heavy (non-hydrogen) atoms. The summed E-state index contributed by atoms with van der Waals surface area (Å²) in [7, 11) is 0. The third-order valence-electron chi connectivity index (χ3n) is 3.80. The molecule has 120 valence electrons. The van der Waals surface area contributed by atoms with Crippen molar-refractivity contribution >= 4 is 16.9 Å². The molecule has 0 saturated carbocycles. The van der Waals surface area contributed by atoms with Crippen molar-refractivity contribution in [2.24, 2.45) is 0 Å². The van der Waals surface area contributed by atoms with Gasteiger partial charge in [0.1, 0.15) is 11.9 Å². The van der Waals surface area contributed by atoms with E-state index < -0.39 is 0 Å². The summed E-state index contributed by atoms with van der Waals surface area (Å²) in [6, 6.07) is 7.57. The van der Waals surface area contributed by atoms with Gasteiger partial charge in [-0.3, -0.25) is 4.79 Å². The highest BCUT2D eigenvalue weighted by atomic mass is 16.2. The van der Waals surface area contributed by atoms with Crippen LogP contribution in [0.5, 0.6) is 0 Å². The largest absolute Gasteiger partial charge is 0.347 e. The first-order chi connectivity index (χ1) is 11.2. The maximum Gasteiger partial charge on any atom is 0.243 e. The van der Waals surface area contributed by atoms with Gasteiger partial charge < -0.3 is 9.88 Å². The van der Waals surface area contributed by atoms with Gasteiger partial charge in [0.2, 0.25) is 5.91 Å². The topological polar surface area (TPSA) is 101 Å². The number of imidazole rings is 1. The van der Waals surface area contributed by atoms with E-state index in [4.69, 9.17) is 0 Å². The molecule has 2 heterocycles. The molecule has 0 aliphatic heterocycles. The average molecular weight is 313 g/mol. The van der Waals surface area contributed by atoms with Gasteiger partial charge in [0.25, 0.3) is 0 Å². The molecule has 8 nitrogen and oxygen atoms in total. The summed E-state index contributed by atoms with van der Waals surface area (Å²) in [5.41, 5.74) is 1.89. The minimum Gasteiger partial charge on any atom is -0.347 e. The number of nitrogens with one attached hydrogen (secondary N) is 2. The van der Waals surface area contributed by atoms with Gasteiger partial charge in [-0.05, 0) is 18.6 Å². The standard InChI is InChI=1S/C15H19N7O/c1-3-11(15(23)16-9-13-18-20-21-19-13)22-12-8-6-5-7-10(12)17-14(22)4-2/h5-8,11H,3-4,9H2,1-2H3,(H,16,23)(H,18,19,20,21)/t11-/m1/s1. The lowest BCUT2D eigenvalue weighted by Crippen LogP contribution is -2.33. The molecule has 3 rings (SSSR count). The Morgan fingerprint density at radius 2 is 2.17 bits per heavy atom. The van der Waals surface area contributed by atoms with Crippen LogP contribution in [0.1, 0.15) is 38.0 Å². The molecular weight excluding hydrogens is 294 g/mol. The van der Waals surface area contributed by atoms with Crippen molar-refractivity contribution in [2.45, 2.75) is 39.3 Å². The van der Waals surface area contributed by atoms with E-state index in [0.717, 1.165) is 23.3 Å². The molecule has 3 aromatic rings. The molecule has 2 N–H and O–H groups in total. The molecule has 0 aliphatic carbocycles. The van der Waals surface area contributed by atoms with E-state index in [1.807, 2.05) is 42.7 Å². The van der Waals surface area contributed by atoms with Crippen LogP contribution in [0, 0.1) is 0 Å². The number of carbonyl (C=O) groups is 1. The zero-order valence-corrected chi connectivity index (χ0v) is 13.2. The molecule has 0 aliphatic rings. The Kier molecular flexibility index (Phi) is 4.31. The summed E-state index contributed by atoms with van der Waals surface area (Å²) in [5, 5.41) is 16.4. The third-order valence-corrected chi connectivity index (χ3v) is 3.80. The Bertz CT molecular complexity index is 793. The number of tetrazole rings is 1. The number of aromatic amines is 1. The number of aryl methyl sites for hydroxylation is 1. The summed E-state index contributed by atoms with van der Waals surface area (Å²) in [5.74, 6) is 1.29. The summed E-state index contributed by atoms with van der Waals surface area (Å²) < 4.78 is 2.03. The van der Waals surface area contributed by atoms with Gasteiger partial charge in [-0.2, -0.15) is 5.21 Å². The fourth-order valence-corrected chi connectivity index (χ4v) is 2.72. The van der Waals surface area contributed by atoms with Crippen molar-refractivity contribution in [3.8, 4) is 0 Å². The summed E-state index contributed by atoms with van der Waals surface area (Å²) in [6.07, 6.45) is 1.44. The van der Waals surface area contributed by atoms with Crippen LogP contribution in [0.4, 0.5) is 0 Å². The van der Waals surface area contributed by atoms with E-state index in [1.165, 1.54) is 0 Å². The maximum absolute atomic E-state index is 12.6. The van der Waals surface area contributed by atoms with Crippen molar-refractivity contribution in [2.75, 3.05) is 0 Å². The van der Waals surface area contributed by atoms with E-state index in [0.29, 0.717) is 12.2 Å². The lowest BCUT2D eigenvalue weighted by Gasteiger charge is -2.19. The Balaban J connectivity index is 1.89. The first kappa shape index (κ1) is 15.1. The summed E-state index contributed by atoms with van der Waals surface area (Å²) >= 11 is 0. The Labute approximate surface area is 133 Å². The number of fused-ring (bicyclic) bond motifs is 1. The summed E-state index contributed by atoms with van der Waals surface area (Å²) in [6.45, 7) is 4.29. The second-order valence-electron chi connectivity index (χ2n) is 5.21. The minimum atomic E-state index is -0.316. The van der Waals surface area contributed by atoms with Gasteiger partial charge in [-0.25, -0.2) is 4.98 Å². The molecular formula is C15H19N7O. The van der Waals surface area contributed by atoms with Gasteiger partial charge in [-0.1, -0.05) is 31.2 Å². The number of amides is 1. The molecule has 1 aromatic carbocycles. The van der Waals surface area contributed by atoms with E-state index in [2.05, 4.69) is 30.9 Å². The molecule has 1 amide bonds. The van der Waals surface area contributed by atoms with Crippen LogP contribution in [0.25, 0.3) is 11.0 Å². The van der Waals surface area contributed by atoms with Crippen LogP contribution in [0.3, 0.4) is 0 Å². The first-order valence-electron chi connectivity index (χ1n) is 7.70. The highest BCUT2D eigenvalue weighted by molar-refractivity contribution is 5.84. The van der Waals surface area contributed by atoms with E-state index in [9.17, 15) is 4.79 Å².